The van der Waals surface area contributed by atoms with Gasteiger partial charge in [-0.2, -0.15) is 0 Å². The first kappa shape index (κ1) is 13.1. The molecule has 1 aromatic heterocycles. The van der Waals surface area contributed by atoms with E-state index in [1.807, 2.05) is 6.07 Å². The smallest absolute Gasteiger partial charge is 0.328 e. The van der Waals surface area contributed by atoms with Crippen LogP contribution in [0, 0.1) is 0 Å². The Morgan fingerprint density at radius 3 is 2.72 bits per heavy atom. The monoisotopic (exact) mass is 373 g/mol. The average Bonchev–Trinajstić information content (AvgIpc) is 2.32. The second-order valence-corrected chi connectivity index (χ2v) is 5.33. The van der Waals surface area contributed by atoms with Crippen molar-refractivity contribution in [2.24, 2.45) is 0 Å². The molecule has 0 fully saturated rings. The number of hydrogen-bond acceptors (Lipinski definition) is 3. The first-order valence-corrected chi connectivity index (χ1v) is 6.60. The Balaban J connectivity index is 2.47. The van der Waals surface area contributed by atoms with Gasteiger partial charge in [-0.15, -0.1) is 0 Å². The molecule has 3 N–H and O–H groups in total. The van der Waals surface area contributed by atoms with Crippen LogP contribution in [0.15, 0.2) is 42.9 Å². The third-order valence-electron chi connectivity index (χ3n) is 2.42. The highest BCUT2D eigenvalue weighted by molar-refractivity contribution is 9.10. The normalized spacial score (nSPS) is 10.6. The number of nitrogen functional groups attached to an aromatic ring is 1. The predicted molar refractivity (Wildman–Crippen MR) is 76.7 cm³/mol. The summed E-state index contributed by atoms with van der Waals surface area (Å²) in [5, 5.41) is 0. The molecule has 0 unspecified atom stereocenters. The van der Waals surface area contributed by atoms with Gasteiger partial charge in [0, 0.05) is 16.4 Å². The number of benzene rings is 1. The lowest BCUT2D eigenvalue weighted by Gasteiger charge is -2.09. The van der Waals surface area contributed by atoms with E-state index in [0.717, 1.165) is 10.0 Å². The van der Waals surface area contributed by atoms with Crippen LogP contribution in [-0.2, 0) is 6.54 Å². The third kappa shape index (κ3) is 2.56. The van der Waals surface area contributed by atoms with Gasteiger partial charge in [0.2, 0.25) is 0 Å². The predicted octanol–water partition coefficient (Wildman–Crippen LogP) is 1.69. The molecule has 0 spiro atoms. The zero-order valence-corrected chi connectivity index (χ0v) is 12.3. The summed E-state index contributed by atoms with van der Waals surface area (Å²) in [6, 6.07) is 5.42. The largest absolute Gasteiger partial charge is 0.398 e. The molecule has 0 aliphatic heterocycles. The Morgan fingerprint density at radius 1 is 1.28 bits per heavy atom. The van der Waals surface area contributed by atoms with Crippen LogP contribution < -0.4 is 17.0 Å². The lowest BCUT2D eigenvalue weighted by atomic mass is 10.2. The van der Waals surface area contributed by atoms with E-state index in [2.05, 4.69) is 36.8 Å². The number of rotatable bonds is 2. The summed E-state index contributed by atoms with van der Waals surface area (Å²) in [6.07, 6.45) is 1.46. The number of H-pyrrole nitrogens is 1. The molecule has 0 atom stereocenters. The number of aromatic nitrogens is 2. The van der Waals surface area contributed by atoms with Crippen molar-refractivity contribution < 1.29 is 0 Å². The summed E-state index contributed by atoms with van der Waals surface area (Å²) in [4.78, 5) is 25.1. The van der Waals surface area contributed by atoms with E-state index >= 15 is 0 Å². The molecule has 0 saturated heterocycles. The molecule has 2 rings (SSSR count). The Morgan fingerprint density at radius 2 is 2.00 bits per heavy atom. The standard InChI is InChI=1S/C11H9Br2N3O2/c12-7-5-16(11(18)15-10(7)17)4-6-2-1-3-8(14)9(6)13/h1-3,5H,4,14H2,(H,15,17,18). The van der Waals surface area contributed by atoms with Gasteiger partial charge in [-0.1, -0.05) is 12.1 Å². The van der Waals surface area contributed by atoms with Crippen molar-refractivity contribution in [3.05, 3.63) is 59.7 Å². The van der Waals surface area contributed by atoms with Gasteiger partial charge in [-0.25, -0.2) is 4.79 Å². The molecule has 0 radical (unpaired) electrons. The number of aromatic amines is 1. The van der Waals surface area contributed by atoms with Gasteiger partial charge in [0.1, 0.15) is 0 Å². The molecule has 18 heavy (non-hydrogen) atoms. The van der Waals surface area contributed by atoms with Crippen LogP contribution >= 0.6 is 31.9 Å². The van der Waals surface area contributed by atoms with Gasteiger partial charge in [0.25, 0.3) is 5.56 Å². The molecule has 1 aromatic carbocycles. The summed E-state index contributed by atoms with van der Waals surface area (Å²) in [5.41, 5.74) is 6.32. The van der Waals surface area contributed by atoms with E-state index in [1.54, 1.807) is 12.1 Å². The van der Waals surface area contributed by atoms with Crippen LogP contribution in [0.5, 0.6) is 0 Å². The molecule has 0 aliphatic rings. The minimum Gasteiger partial charge on any atom is -0.398 e. The minimum absolute atomic E-state index is 0.308. The van der Waals surface area contributed by atoms with Gasteiger partial charge in [0.15, 0.2) is 0 Å². The summed E-state index contributed by atoms with van der Waals surface area (Å²) >= 11 is 6.46. The first-order chi connectivity index (χ1) is 8.49. The van der Waals surface area contributed by atoms with Gasteiger partial charge in [-0.3, -0.25) is 14.3 Å². The highest BCUT2D eigenvalue weighted by Crippen LogP contribution is 2.24. The van der Waals surface area contributed by atoms with E-state index in [-0.39, 0.29) is 0 Å². The zero-order chi connectivity index (χ0) is 13.3. The Kier molecular flexibility index (Phi) is 3.72. The van der Waals surface area contributed by atoms with Crippen LogP contribution in [0.3, 0.4) is 0 Å². The minimum atomic E-state index is -0.461. The Bertz CT molecular complexity index is 706. The summed E-state index contributed by atoms with van der Waals surface area (Å²) in [5.74, 6) is 0. The van der Waals surface area contributed by atoms with Crippen molar-refractivity contribution in [3.63, 3.8) is 0 Å². The van der Waals surface area contributed by atoms with Gasteiger partial charge in [0.05, 0.1) is 11.0 Å². The van der Waals surface area contributed by atoms with Crippen molar-refractivity contribution in [1.82, 2.24) is 9.55 Å². The van der Waals surface area contributed by atoms with Gasteiger partial charge < -0.3 is 5.73 Å². The SMILES string of the molecule is Nc1cccc(Cn2cc(Br)c(=O)[nH]c2=O)c1Br. The fraction of sp³-hybridized carbons (Fsp3) is 0.0909. The number of halogens is 2. The van der Waals surface area contributed by atoms with E-state index in [4.69, 9.17) is 5.73 Å². The van der Waals surface area contributed by atoms with E-state index in [9.17, 15) is 9.59 Å². The van der Waals surface area contributed by atoms with Crippen molar-refractivity contribution in [1.29, 1.82) is 0 Å². The summed E-state index contributed by atoms with van der Waals surface area (Å²) < 4.78 is 2.45. The lowest BCUT2D eigenvalue weighted by molar-refractivity contribution is 0.714. The molecule has 7 heteroatoms. The Hall–Kier alpha value is -1.34. The molecule has 2 aromatic rings. The topological polar surface area (TPSA) is 80.9 Å². The maximum absolute atomic E-state index is 11.6. The van der Waals surface area contributed by atoms with Gasteiger partial charge in [-0.05, 0) is 43.5 Å². The van der Waals surface area contributed by atoms with E-state index in [1.165, 1.54) is 10.8 Å². The summed E-state index contributed by atoms with van der Waals surface area (Å²) in [6.45, 7) is 0.319. The van der Waals surface area contributed by atoms with Crippen LogP contribution in [0.25, 0.3) is 0 Å². The van der Waals surface area contributed by atoms with Crippen LogP contribution in [0.1, 0.15) is 5.56 Å². The number of hydrogen-bond donors (Lipinski definition) is 2. The fourth-order valence-electron chi connectivity index (χ4n) is 1.51. The quantitative estimate of drug-likeness (QED) is 0.785. The lowest BCUT2D eigenvalue weighted by Crippen LogP contribution is -2.30. The van der Waals surface area contributed by atoms with Crippen molar-refractivity contribution >= 4 is 37.5 Å². The van der Waals surface area contributed by atoms with Crippen molar-refractivity contribution in [3.8, 4) is 0 Å². The maximum Gasteiger partial charge on any atom is 0.328 e. The zero-order valence-electron chi connectivity index (χ0n) is 9.11. The van der Waals surface area contributed by atoms with E-state index < -0.39 is 11.2 Å². The molecular weight excluding hydrogens is 366 g/mol. The molecule has 94 valence electrons. The highest BCUT2D eigenvalue weighted by atomic mass is 79.9. The third-order valence-corrected chi connectivity index (χ3v) is 3.95. The average molecular weight is 375 g/mol. The van der Waals surface area contributed by atoms with Crippen LogP contribution in [0.4, 0.5) is 5.69 Å². The van der Waals surface area contributed by atoms with Gasteiger partial charge >= 0.3 is 5.69 Å². The Labute approximate surface area is 119 Å². The second-order valence-electron chi connectivity index (χ2n) is 3.68. The molecule has 1 heterocycles. The van der Waals surface area contributed by atoms with Crippen molar-refractivity contribution in [2.75, 3.05) is 5.73 Å². The number of nitrogens with zero attached hydrogens (tertiary/aromatic N) is 1. The second kappa shape index (κ2) is 5.11. The van der Waals surface area contributed by atoms with Crippen molar-refractivity contribution in [2.45, 2.75) is 6.54 Å². The molecule has 5 nitrogen and oxygen atoms in total. The molecule has 0 saturated carbocycles. The van der Waals surface area contributed by atoms with Crippen LogP contribution in [-0.4, -0.2) is 9.55 Å². The maximum atomic E-state index is 11.6. The fourth-order valence-corrected chi connectivity index (χ4v) is 2.24. The number of nitrogens with one attached hydrogen (secondary N) is 1. The molecule has 0 bridgehead atoms. The number of nitrogens with two attached hydrogens (primary N) is 1. The highest BCUT2D eigenvalue weighted by Gasteiger charge is 2.07. The van der Waals surface area contributed by atoms with E-state index in [0.29, 0.717) is 16.7 Å². The molecular formula is C11H9Br2N3O2. The molecule has 0 amide bonds. The number of anilines is 1. The summed E-state index contributed by atoms with van der Waals surface area (Å²) in [7, 11) is 0. The molecule has 0 aliphatic carbocycles. The first-order valence-electron chi connectivity index (χ1n) is 5.01. The van der Waals surface area contributed by atoms with Crippen LogP contribution in [0.2, 0.25) is 0 Å².